The molecule has 1 aliphatic rings. The fraction of sp³-hybridized carbons (Fsp3) is 0.333. The maximum Gasteiger partial charge on any atom is 0.247 e. The van der Waals surface area contributed by atoms with E-state index in [1.165, 1.54) is 34.6 Å². The highest BCUT2D eigenvalue weighted by molar-refractivity contribution is 7.89. The second-order valence-electron chi connectivity index (χ2n) is 6.19. The van der Waals surface area contributed by atoms with Crippen LogP contribution in [0.3, 0.4) is 0 Å². The van der Waals surface area contributed by atoms with Crippen LogP contribution in [0.15, 0.2) is 54.5 Å². The van der Waals surface area contributed by atoms with Gasteiger partial charge in [-0.25, -0.2) is 8.42 Å². The molecule has 1 heterocycles. The molecule has 1 N–H and O–H groups in total. The molecule has 7 nitrogen and oxygen atoms in total. The second-order valence-corrected chi connectivity index (χ2v) is 8.08. The predicted octanol–water partition coefficient (Wildman–Crippen LogP) is 1.61. The molecule has 0 saturated carbocycles. The van der Waals surface area contributed by atoms with Crippen molar-refractivity contribution < 1.29 is 18.0 Å². The normalized spacial score (nSPS) is 21.1. The Balaban J connectivity index is 2.22. The quantitative estimate of drug-likeness (QED) is 0.790. The molecule has 0 aliphatic carbocycles. The van der Waals surface area contributed by atoms with Crippen LogP contribution in [0.5, 0.6) is 0 Å². The second kappa shape index (κ2) is 7.84. The van der Waals surface area contributed by atoms with Gasteiger partial charge in [0.25, 0.3) is 0 Å². The van der Waals surface area contributed by atoms with Crippen LogP contribution >= 0.6 is 0 Å². The van der Waals surface area contributed by atoms with E-state index in [1.54, 1.807) is 11.8 Å². The van der Waals surface area contributed by atoms with Crippen molar-refractivity contribution >= 4 is 27.5 Å². The predicted molar refractivity (Wildman–Crippen MR) is 100.0 cm³/mol. The summed E-state index contributed by atoms with van der Waals surface area (Å²) in [6.07, 6.45) is 2.38. The van der Waals surface area contributed by atoms with Crippen LogP contribution in [-0.4, -0.2) is 54.6 Å². The molecule has 2 rings (SSSR count). The van der Waals surface area contributed by atoms with Crippen LogP contribution in [0.1, 0.15) is 13.8 Å². The van der Waals surface area contributed by atoms with Crippen LogP contribution < -0.4 is 5.32 Å². The Kier molecular flexibility index (Phi) is 5.99. The Morgan fingerprint density at radius 2 is 1.69 bits per heavy atom. The van der Waals surface area contributed by atoms with Crippen molar-refractivity contribution in [2.75, 3.05) is 18.4 Å². The fourth-order valence-electron chi connectivity index (χ4n) is 2.89. The lowest BCUT2D eigenvalue weighted by Gasteiger charge is -2.42. The fourth-order valence-corrected chi connectivity index (χ4v) is 4.60. The molecule has 26 heavy (non-hydrogen) atoms. The zero-order valence-corrected chi connectivity index (χ0v) is 15.7. The van der Waals surface area contributed by atoms with Crippen molar-refractivity contribution in [3.05, 3.63) is 49.6 Å². The van der Waals surface area contributed by atoms with E-state index in [4.69, 9.17) is 0 Å². The third-order valence-corrected chi connectivity index (χ3v) is 6.29. The summed E-state index contributed by atoms with van der Waals surface area (Å²) < 4.78 is 27.4. The van der Waals surface area contributed by atoms with Crippen LogP contribution in [-0.2, 0) is 19.6 Å². The lowest BCUT2D eigenvalue weighted by atomic mass is 10.1. The topological polar surface area (TPSA) is 86.8 Å². The molecule has 2 amide bonds. The van der Waals surface area contributed by atoms with E-state index in [9.17, 15) is 18.0 Å². The van der Waals surface area contributed by atoms with Crippen LogP contribution in [0.4, 0.5) is 5.69 Å². The first-order valence-electron chi connectivity index (χ1n) is 8.19. The average Bonchev–Trinajstić information content (AvgIpc) is 2.62. The van der Waals surface area contributed by atoms with Gasteiger partial charge in [0.05, 0.1) is 4.90 Å². The number of nitrogens with zero attached hydrogens (tertiary/aromatic N) is 2. The average molecular weight is 377 g/mol. The number of carbonyl (C=O) groups excluding carboxylic acids is 2. The van der Waals surface area contributed by atoms with Crippen LogP contribution in [0.25, 0.3) is 0 Å². The molecule has 0 aromatic heterocycles. The lowest BCUT2D eigenvalue weighted by Crippen LogP contribution is -2.59. The van der Waals surface area contributed by atoms with Gasteiger partial charge in [0, 0.05) is 30.9 Å². The SMILES string of the molecule is C=CC(=O)Nc1ccc(S(=O)(=O)N2CC(C)N(C(=O)C=C)CC2C)cc1. The molecule has 1 fully saturated rings. The number of rotatable bonds is 5. The van der Waals surface area contributed by atoms with Crippen molar-refractivity contribution in [1.29, 1.82) is 0 Å². The maximum atomic E-state index is 13.0. The lowest BCUT2D eigenvalue weighted by molar-refractivity contribution is -0.130. The first kappa shape index (κ1) is 19.9. The molecule has 140 valence electrons. The number of nitrogens with one attached hydrogen (secondary N) is 1. The van der Waals surface area contributed by atoms with Gasteiger partial charge in [-0.15, -0.1) is 0 Å². The summed E-state index contributed by atoms with van der Waals surface area (Å²) in [5.41, 5.74) is 0.483. The summed E-state index contributed by atoms with van der Waals surface area (Å²) in [6, 6.07) is 5.34. The van der Waals surface area contributed by atoms with E-state index < -0.39 is 10.0 Å². The van der Waals surface area contributed by atoms with E-state index >= 15 is 0 Å². The van der Waals surface area contributed by atoms with E-state index in [0.29, 0.717) is 12.2 Å². The Hall–Kier alpha value is -2.45. The Bertz CT molecular complexity index is 817. The number of sulfonamides is 1. The van der Waals surface area contributed by atoms with Crippen molar-refractivity contribution in [3.8, 4) is 0 Å². The maximum absolute atomic E-state index is 13.0. The summed E-state index contributed by atoms with van der Waals surface area (Å²) in [7, 11) is -3.71. The molecule has 8 heteroatoms. The Morgan fingerprint density at radius 1 is 1.08 bits per heavy atom. The van der Waals surface area contributed by atoms with E-state index in [2.05, 4.69) is 18.5 Å². The molecule has 1 saturated heterocycles. The van der Waals surface area contributed by atoms with Crippen molar-refractivity contribution in [2.24, 2.45) is 0 Å². The third kappa shape index (κ3) is 4.03. The zero-order chi connectivity index (χ0) is 19.5. The first-order chi connectivity index (χ1) is 12.2. The van der Waals surface area contributed by atoms with Gasteiger partial charge < -0.3 is 10.2 Å². The number of hydrogen-bond acceptors (Lipinski definition) is 4. The molecule has 0 radical (unpaired) electrons. The zero-order valence-electron chi connectivity index (χ0n) is 14.9. The van der Waals surface area contributed by atoms with Crippen molar-refractivity contribution in [2.45, 2.75) is 30.8 Å². The minimum absolute atomic E-state index is 0.136. The van der Waals surface area contributed by atoms with Crippen molar-refractivity contribution in [1.82, 2.24) is 9.21 Å². The third-order valence-electron chi connectivity index (χ3n) is 4.30. The van der Waals surface area contributed by atoms with E-state index in [-0.39, 0.29) is 35.3 Å². The molecule has 2 unspecified atom stereocenters. The molecular weight excluding hydrogens is 354 g/mol. The monoisotopic (exact) mass is 377 g/mol. The molecule has 1 aromatic carbocycles. The molecule has 2 atom stereocenters. The van der Waals surface area contributed by atoms with Crippen LogP contribution in [0.2, 0.25) is 0 Å². The first-order valence-corrected chi connectivity index (χ1v) is 9.63. The summed E-state index contributed by atoms with van der Waals surface area (Å²) in [4.78, 5) is 25.0. The van der Waals surface area contributed by atoms with E-state index in [1.807, 2.05) is 6.92 Å². The minimum atomic E-state index is -3.71. The molecule has 0 bridgehead atoms. The Morgan fingerprint density at radius 3 is 2.23 bits per heavy atom. The van der Waals surface area contributed by atoms with Gasteiger partial charge in [0.15, 0.2) is 0 Å². The van der Waals surface area contributed by atoms with Gasteiger partial charge in [0.1, 0.15) is 0 Å². The van der Waals surface area contributed by atoms with Gasteiger partial charge in [-0.05, 0) is 50.3 Å². The number of anilines is 1. The number of carbonyl (C=O) groups is 2. The summed E-state index contributed by atoms with van der Waals surface area (Å²) in [5, 5.41) is 2.57. The summed E-state index contributed by atoms with van der Waals surface area (Å²) >= 11 is 0. The van der Waals surface area contributed by atoms with Gasteiger partial charge in [0.2, 0.25) is 21.8 Å². The van der Waals surface area contributed by atoms with Crippen LogP contribution in [0, 0.1) is 0 Å². The van der Waals surface area contributed by atoms with Gasteiger partial charge in [-0.1, -0.05) is 13.2 Å². The highest BCUT2D eigenvalue weighted by Crippen LogP contribution is 2.25. The highest BCUT2D eigenvalue weighted by Gasteiger charge is 2.38. The Labute approximate surface area is 154 Å². The molecule has 1 aromatic rings. The number of amides is 2. The van der Waals surface area contributed by atoms with Gasteiger partial charge in [-0.2, -0.15) is 4.31 Å². The number of hydrogen-bond donors (Lipinski definition) is 1. The molecule has 0 spiro atoms. The van der Waals surface area contributed by atoms with Crippen molar-refractivity contribution in [3.63, 3.8) is 0 Å². The van der Waals surface area contributed by atoms with E-state index in [0.717, 1.165) is 6.08 Å². The molecule has 1 aliphatic heterocycles. The smallest absolute Gasteiger partial charge is 0.247 e. The largest absolute Gasteiger partial charge is 0.334 e. The van der Waals surface area contributed by atoms with Gasteiger partial charge in [-0.3, -0.25) is 9.59 Å². The standard InChI is InChI=1S/C18H23N3O4S/c1-5-17(22)19-15-7-9-16(10-8-15)26(24,25)21-12-13(3)20(11-14(21)4)18(23)6-2/h5-10,13-14H,1-2,11-12H2,3-4H3,(H,19,22). The number of benzene rings is 1. The summed E-state index contributed by atoms with van der Waals surface area (Å²) in [6.45, 7) is 10.9. The summed E-state index contributed by atoms with van der Waals surface area (Å²) in [5.74, 6) is -0.574. The van der Waals surface area contributed by atoms with Gasteiger partial charge >= 0.3 is 0 Å². The number of piperazine rings is 1. The highest BCUT2D eigenvalue weighted by atomic mass is 32.2. The molecular formula is C18H23N3O4S. The minimum Gasteiger partial charge on any atom is -0.334 e.